The van der Waals surface area contributed by atoms with Crippen molar-refractivity contribution in [2.24, 2.45) is 0 Å². The maximum atomic E-state index is 12.7. The number of fused-ring (bicyclic) bond motifs is 2. The summed E-state index contributed by atoms with van der Waals surface area (Å²) in [4.78, 5) is 39.1. The molecule has 11 heteroatoms. The summed E-state index contributed by atoms with van der Waals surface area (Å²) in [5.74, 6) is -1.95. The van der Waals surface area contributed by atoms with Gasteiger partial charge in [0.1, 0.15) is 17.0 Å². The molecule has 0 unspecified atom stereocenters. The van der Waals surface area contributed by atoms with E-state index in [1.165, 1.54) is 15.7 Å². The monoisotopic (exact) mass is 375 g/mol. The first kappa shape index (κ1) is 17.2. The number of nitrogens with one attached hydrogen (secondary N) is 1. The zero-order valence-corrected chi connectivity index (χ0v) is 14.6. The number of ether oxygens (including phenoxy) is 1. The van der Waals surface area contributed by atoms with E-state index in [0.29, 0.717) is 18.0 Å². The van der Waals surface area contributed by atoms with Crippen molar-refractivity contribution in [1.82, 2.24) is 25.1 Å². The molecule has 2 atom stereocenters. The van der Waals surface area contributed by atoms with Gasteiger partial charge in [-0.3, -0.25) is 14.4 Å². The van der Waals surface area contributed by atoms with Crippen LogP contribution in [0, 0.1) is 6.92 Å². The molecule has 0 spiro atoms. The molecule has 2 aromatic heterocycles. The van der Waals surface area contributed by atoms with Gasteiger partial charge in [0.15, 0.2) is 17.7 Å². The molecule has 4 heterocycles. The lowest BCUT2D eigenvalue weighted by Crippen LogP contribution is -2.49. The Kier molecular flexibility index (Phi) is 3.95. The quantitative estimate of drug-likeness (QED) is 0.723. The van der Waals surface area contributed by atoms with Crippen LogP contribution in [0.3, 0.4) is 0 Å². The van der Waals surface area contributed by atoms with Gasteiger partial charge in [0.2, 0.25) is 5.43 Å². The third-order valence-corrected chi connectivity index (χ3v) is 4.77. The number of amides is 2. The lowest BCUT2D eigenvalue weighted by Gasteiger charge is -2.33. The zero-order chi connectivity index (χ0) is 19.3. The lowest BCUT2D eigenvalue weighted by atomic mass is 10.1. The number of carbonyl (C=O) groups excluding carboxylic acids is 2. The second kappa shape index (κ2) is 6.20. The first-order valence-electron chi connectivity index (χ1n) is 8.35. The molecule has 2 amide bonds. The van der Waals surface area contributed by atoms with Crippen LogP contribution in [0.4, 0.5) is 0 Å². The predicted molar refractivity (Wildman–Crippen MR) is 87.9 cm³/mol. The summed E-state index contributed by atoms with van der Waals surface area (Å²) in [5.41, 5.74) is -0.393. The fraction of sp³-hybridized carbons (Fsp3) is 0.438. The summed E-state index contributed by atoms with van der Waals surface area (Å²) < 4.78 is 11.5. The Labute approximate surface area is 152 Å². The van der Waals surface area contributed by atoms with Crippen molar-refractivity contribution in [2.45, 2.75) is 39.2 Å². The van der Waals surface area contributed by atoms with Gasteiger partial charge in [-0.05, 0) is 13.8 Å². The highest BCUT2D eigenvalue weighted by molar-refractivity contribution is 5.99. The van der Waals surface area contributed by atoms with Crippen LogP contribution in [0.5, 0.6) is 5.75 Å². The van der Waals surface area contributed by atoms with Gasteiger partial charge in [0.25, 0.3) is 11.8 Å². The molecule has 0 saturated carbocycles. The molecule has 0 aliphatic carbocycles. The average Bonchev–Trinajstić information content (AvgIpc) is 3.21. The molecule has 2 aliphatic rings. The topological polar surface area (TPSA) is 140 Å². The first-order valence-corrected chi connectivity index (χ1v) is 8.35. The summed E-state index contributed by atoms with van der Waals surface area (Å²) in [5, 5.41) is 20.1. The number of carbonyl (C=O) groups is 2. The molecular weight excluding hydrogens is 358 g/mol. The number of pyridine rings is 1. The number of hydrogen-bond donors (Lipinski definition) is 2. The van der Waals surface area contributed by atoms with E-state index in [1.807, 2.05) is 6.92 Å². The SMILES string of the molecule is Cc1nonc1CNC(=O)c1cn2c(c(O)c1=O)C(=O)N1[C@@H](C)CO[C@@H]1C2. The second-order valence-corrected chi connectivity index (χ2v) is 6.55. The van der Waals surface area contributed by atoms with Crippen LogP contribution >= 0.6 is 0 Å². The van der Waals surface area contributed by atoms with E-state index in [-0.39, 0.29) is 30.4 Å². The standard InChI is InChI=1S/C16H17N5O6/c1-7-6-26-11-5-20-4-9(13(22)14(23)12(20)16(25)21(7)11)15(24)17-3-10-8(2)18-27-19-10/h4,7,11,23H,3,5-6H2,1-2H3,(H,17,24)/t7-,11+/m0/s1. The Hall–Kier alpha value is -3.21. The molecule has 142 valence electrons. The van der Waals surface area contributed by atoms with E-state index in [9.17, 15) is 19.5 Å². The highest BCUT2D eigenvalue weighted by atomic mass is 16.6. The molecule has 0 bridgehead atoms. The highest BCUT2D eigenvalue weighted by Crippen LogP contribution is 2.29. The van der Waals surface area contributed by atoms with E-state index in [2.05, 4.69) is 20.3 Å². The van der Waals surface area contributed by atoms with E-state index in [1.54, 1.807) is 6.92 Å². The van der Waals surface area contributed by atoms with Crippen LogP contribution in [0.1, 0.15) is 39.2 Å². The molecule has 0 radical (unpaired) electrons. The minimum absolute atomic E-state index is 0.00603. The van der Waals surface area contributed by atoms with Gasteiger partial charge in [-0.2, -0.15) is 0 Å². The summed E-state index contributed by atoms with van der Waals surface area (Å²) >= 11 is 0. The number of aryl methyl sites for hydroxylation is 1. The minimum atomic E-state index is -0.909. The van der Waals surface area contributed by atoms with Crippen LogP contribution in [0.2, 0.25) is 0 Å². The van der Waals surface area contributed by atoms with Gasteiger partial charge in [-0.15, -0.1) is 0 Å². The van der Waals surface area contributed by atoms with Crippen molar-refractivity contribution >= 4 is 11.8 Å². The summed E-state index contributed by atoms with van der Waals surface area (Å²) in [6, 6.07) is -0.159. The van der Waals surface area contributed by atoms with Crippen LogP contribution in [0.25, 0.3) is 0 Å². The van der Waals surface area contributed by atoms with Crippen molar-refractivity contribution in [2.75, 3.05) is 6.61 Å². The molecule has 1 saturated heterocycles. The van der Waals surface area contributed by atoms with Crippen molar-refractivity contribution in [3.05, 3.63) is 39.1 Å². The van der Waals surface area contributed by atoms with Gasteiger partial charge >= 0.3 is 0 Å². The number of aromatic hydroxyl groups is 1. The molecule has 2 aromatic rings. The molecule has 0 aromatic carbocycles. The third kappa shape index (κ3) is 2.67. The minimum Gasteiger partial charge on any atom is -0.503 e. The van der Waals surface area contributed by atoms with Crippen LogP contribution < -0.4 is 10.7 Å². The van der Waals surface area contributed by atoms with Crippen LogP contribution in [-0.4, -0.2) is 55.6 Å². The average molecular weight is 375 g/mol. The fourth-order valence-corrected chi connectivity index (χ4v) is 3.31. The van der Waals surface area contributed by atoms with Crippen LogP contribution in [0.15, 0.2) is 15.6 Å². The summed E-state index contributed by atoms with van der Waals surface area (Å²) in [7, 11) is 0. The smallest absolute Gasteiger partial charge is 0.276 e. The van der Waals surface area contributed by atoms with Crippen molar-refractivity contribution in [3.8, 4) is 5.75 Å². The van der Waals surface area contributed by atoms with E-state index in [0.717, 1.165) is 0 Å². The normalized spacial score (nSPS) is 21.1. The van der Waals surface area contributed by atoms with Crippen molar-refractivity contribution < 1.29 is 24.1 Å². The highest BCUT2D eigenvalue weighted by Gasteiger charge is 2.42. The Balaban J connectivity index is 1.65. The number of aromatic nitrogens is 3. The van der Waals surface area contributed by atoms with Gasteiger partial charge in [-0.25, -0.2) is 4.63 Å². The van der Waals surface area contributed by atoms with Gasteiger partial charge in [0.05, 0.1) is 25.7 Å². The van der Waals surface area contributed by atoms with Crippen molar-refractivity contribution in [1.29, 1.82) is 0 Å². The third-order valence-electron chi connectivity index (χ3n) is 4.77. The van der Waals surface area contributed by atoms with Gasteiger partial charge in [-0.1, -0.05) is 10.3 Å². The fourth-order valence-electron chi connectivity index (χ4n) is 3.31. The zero-order valence-electron chi connectivity index (χ0n) is 14.6. The number of hydrogen-bond acceptors (Lipinski definition) is 8. The summed E-state index contributed by atoms with van der Waals surface area (Å²) in [6.45, 7) is 4.08. The van der Waals surface area contributed by atoms with Crippen LogP contribution in [-0.2, 0) is 17.8 Å². The molecular formula is C16H17N5O6. The van der Waals surface area contributed by atoms with E-state index in [4.69, 9.17) is 4.74 Å². The molecule has 4 rings (SSSR count). The number of nitrogens with zero attached hydrogens (tertiary/aromatic N) is 4. The van der Waals surface area contributed by atoms with E-state index < -0.39 is 29.2 Å². The molecule has 2 aliphatic heterocycles. The predicted octanol–water partition coefficient (Wildman–Crippen LogP) is -0.624. The van der Waals surface area contributed by atoms with E-state index >= 15 is 0 Å². The maximum absolute atomic E-state index is 12.7. The summed E-state index contributed by atoms with van der Waals surface area (Å²) in [6.07, 6.45) is 0.768. The Morgan fingerprint density at radius 3 is 2.89 bits per heavy atom. The Morgan fingerprint density at radius 1 is 1.41 bits per heavy atom. The molecule has 2 N–H and O–H groups in total. The molecule has 11 nitrogen and oxygen atoms in total. The van der Waals surface area contributed by atoms with Gasteiger partial charge < -0.3 is 24.6 Å². The maximum Gasteiger partial charge on any atom is 0.276 e. The largest absolute Gasteiger partial charge is 0.503 e. The Morgan fingerprint density at radius 2 is 2.19 bits per heavy atom. The second-order valence-electron chi connectivity index (χ2n) is 6.55. The van der Waals surface area contributed by atoms with Crippen molar-refractivity contribution in [3.63, 3.8) is 0 Å². The Bertz CT molecular complexity index is 996. The lowest BCUT2D eigenvalue weighted by molar-refractivity contribution is 0.00624. The first-order chi connectivity index (χ1) is 12.9. The van der Waals surface area contributed by atoms with Gasteiger partial charge in [0, 0.05) is 6.20 Å². The molecule has 27 heavy (non-hydrogen) atoms. The molecule has 1 fully saturated rings. The number of rotatable bonds is 3.